The molecule has 6 nitrogen and oxygen atoms in total. The Morgan fingerprint density at radius 2 is 1.96 bits per heavy atom. The first-order valence-electron chi connectivity index (χ1n) is 7.46. The van der Waals surface area contributed by atoms with Crippen LogP contribution in [0, 0.1) is 0 Å². The molecular weight excluding hydrogens is 308 g/mol. The van der Waals surface area contributed by atoms with Gasteiger partial charge in [0, 0.05) is 11.1 Å². The Labute approximate surface area is 141 Å². The molecule has 2 aromatic rings. The van der Waals surface area contributed by atoms with Crippen molar-refractivity contribution in [2.75, 3.05) is 20.8 Å². The highest BCUT2D eigenvalue weighted by Crippen LogP contribution is 2.29. The molecule has 0 saturated heterocycles. The average Bonchev–Trinajstić information content (AvgIpc) is 2.62. The number of hydrogen-bond donors (Lipinski definition) is 1. The number of methoxy groups -OCH3 is 2. The Balaban J connectivity index is 2.11. The molecule has 0 aromatic heterocycles. The van der Waals surface area contributed by atoms with Crippen LogP contribution >= 0.6 is 0 Å². The Morgan fingerprint density at radius 3 is 2.67 bits per heavy atom. The van der Waals surface area contributed by atoms with Gasteiger partial charge in [-0.25, -0.2) is 5.43 Å². The second-order valence-corrected chi connectivity index (χ2v) is 4.74. The van der Waals surface area contributed by atoms with Gasteiger partial charge >= 0.3 is 0 Å². The van der Waals surface area contributed by atoms with Crippen LogP contribution in [0.2, 0.25) is 0 Å². The predicted molar refractivity (Wildman–Crippen MR) is 92.2 cm³/mol. The van der Waals surface area contributed by atoms with Crippen LogP contribution in [0.15, 0.2) is 47.6 Å². The maximum Gasteiger partial charge on any atom is 0.271 e. The molecular formula is C18H20N2O4. The van der Waals surface area contributed by atoms with Gasteiger partial charge in [-0.15, -0.1) is 0 Å². The normalized spacial score (nSPS) is 10.5. The van der Waals surface area contributed by atoms with Gasteiger partial charge in [-0.1, -0.05) is 12.1 Å². The van der Waals surface area contributed by atoms with E-state index in [9.17, 15) is 4.79 Å². The monoisotopic (exact) mass is 328 g/mol. The molecule has 0 spiro atoms. The fourth-order valence-corrected chi connectivity index (χ4v) is 2.11. The molecule has 0 aliphatic heterocycles. The number of rotatable bonds is 7. The van der Waals surface area contributed by atoms with Crippen molar-refractivity contribution in [3.8, 4) is 17.2 Å². The van der Waals surface area contributed by atoms with E-state index in [0.29, 0.717) is 35.0 Å². The van der Waals surface area contributed by atoms with Gasteiger partial charge in [-0.2, -0.15) is 5.10 Å². The van der Waals surface area contributed by atoms with E-state index >= 15 is 0 Å². The predicted octanol–water partition coefficient (Wildman–Crippen LogP) is 2.87. The van der Waals surface area contributed by atoms with E-state index < -0.39 is 0 Å². The average molecular weight is 328 g/mol. The first kappa shape index (κ1) is 17.3. The zero-order valence-electron chi connectivity index (χ0n) is 13.9. The van der Waals surface area contributed by atoms with Crippen LogP contribution in [0.4, 0.5) is 0 Å². The number of benzene rings is 2. The van der Waals surface area contributed by atoms with Crippen LogP contribution in [0.25, 0.3) is 0 Å². The number of nitrogens with zero attached hydrogens (tertiary/aromatic N) is 1. The van der Waals surface area contributed by atoms with Gasteiger partial charge in [0.1, 0.15) is 5.75 Å². The highest BCUT2D eigenvalue weighted by atomic mass is 16.5. The lowest BCUT2D eigenvalue weighted by Gasteiger charge is -2.11. The second-order valence-electron chi connectivity index (χ2n) is 4.74. The molecule has 24 heavy (non-hydrogen) atoms. The summed E-state index contributed by atoms with van der Waals surface area (Å²) in [6.45, 7) is 2.43. The zero-order chi connectivity index (χ0) is 17.4. The second kappa shape index (κ2) is 8.57. The summed E-state index contributed by atoms with van der Waals surface area (Å²) in [7, 11) is 3.11. The largest absolute Gasteiger partial charge is 0.497 e. The summed E-state index contributed by atoms with van der Waals surface area (Å²) in [6.07, 6.45) is 1.51. The van der Waals surface area contributed by atoms with Gasteiger partial charge in [-0.05, 0) is 37.3 Å². The molecule has 0 aliphatic rings. The molecule has 0 radical (unpaired) electrons. The smallest absolute Gasteiger partial charge is 0.271 e. The first-order chi connectivity index (χ1) is 11.7. The number of carbonyl (C=O) groups is 1. The summed E-state index contributed by atoms with van der Waals surface area (Å²) in [6, 6.07) is 12.3. The molecule has 0 heterocycles. The summed E-state index contributed by atoms with van der Waals surface area (Å²) in [5, 5.41) is 3.98. The number of carbonyl (C=O) groups excluding carboxylic acids is 1. The Morgan fingerprint density at radius 1 is 1.17 bits per heavy atom. The number of para-hydroxylation sites is 1. The summed E-state index contributed by atoms with van der Waals surface area (Å²) in [5.41, 5.74) is 3.64. The summed E-state index contributed by atoms with van der Waals surface area (Å²) in [4.78, 5) is 12.1. The van der Waals surface area contributed by atoms with Crippen LogP contribution < -0.4 is 19.6 Å². The lowest BCUT2D eigenvalue weighted by Crippen LogP contribution is -2.17. The van der Waals surface area contributed by atoms with Gasteiger partial charge in [0.2, 0.25) is 0 Å². The van der Waals surface area contributed by atoms with Gasteiger partial charge in [0.15, 0.2) is 11.5 Å². The number of ether oxygens (including phenoxy) is 3. The molecule has 0 fully saturated rings. The van der Waals surface area contributed by atoms with Crippen molar-refractivity contribution in [1.82, 2.24) is 5.43 Å². The lowest BCUT2D eigenvalue weighted by atomic mass is 10.2. The standard InChI is InChI=1S/C18H20N2O4/c1-4-24-16-10-6-8-14(17(16)23-3)12-19-20-18(21)13-7-5-9-15(11-13)22-2/h5-12H,4H2,1-3H3,(H,20,21)/b19-12+. The number of nitrogens with one attached hydrogen (secondary N) is 1. The van der Waals surface area contributed by atoms with Gasteiger partial charge in [0.05, 0.1) is 27.0 Å². The quantitative estimate of drug-likeness (QED) is 0.627. The molecule has 1 N–H and O–H groups in total. The number of hydrogen-bond acceptors (Lipinski definition) is 5. The highest BCUT2D eigenvalue weighted by molar-refractivity contribution is 5.95. The summed E-state index contributed by atoms with van der Waals surface area (Å²) >= 11 is 0. The van der Waals surface area contributed by atoms with Crippen molar-refractivity contribution in [3.63, 3.8) is 0 Å². The zero-order valence-corrected chi connectivity index (χ0v) is 13.9. The summed E-state index contributed by atoms with van der Waals surface area (Å²) in [5.74, 6) is 1.48. The molecule has 2 rings (SSSR count). The molecule has 1 amide bonds. The highest BCUT2D eigenvalue weighted by Gasteiger charge is 2.09. The first-order valence-corrected chi connectivity index (χ1v) is 7.46. The number of amides is 1. The molecule has 126 valence electrons. The lowest BCUT2D eigenvalue weighted by molar-refractivity contribution is 0.0955. The molecule has 0 saturated carbocycles. The Bertz CT molecular complexity index is 729. The fraction of sp³-hybridized carbons (Fsp3) is 0.222. The molecule has 0 aliphatic carbocycles. The van der Waals surface area contributed by atoms with E-state index in [-0.39, 0.29) is 5.91 Å². The maximum absolute atomic E-state index is 12.1. The third-order valence-corrected chi connectivity index (χ3v) is 3.21. The van der Waals surface area contributed by atoms with Gasteiger partial charge in [0.25, 0.3) is 5.91 Å². The minimum Gasteiger partial charge on any atom is -0.497 e. The van der Waals surface area contributed by atoms with E-state index in [1.54, 1.807) is 38.5 Å². The molecule has 6 heteroatoms. The van der Waals surface area contributed by atoms with E-state index in [1.807, 2.05) is 25.1 Å². The van der Waals surface area contributed by atoms with E-state index in [2.05, 4.69) is 10.5 Å². The van der Waals surface area contributed by atoms with Crippen molar-refractivity contribution in [2.45, 2.75) is 6.92 Å². The third-order valence-electron chi connectivity index (χ3n) is 3.21. The molecule has 0 unspecified atom stereocenters. The molecule has 2 aromatic carbocycles. The van der Waals surface area contributed by atoms with Crippen LogP contribution in [0.3, 0.4) is 0 Å². The Hall–Kier alpha value is -3.02. The van der Waals surface area contributed by atoms with Crippen molar-refractivity contribution in [3.05, 3.63) is 53.6 Å². The van der Waals surface area contributed by atoms with E-state index in [0.717, 1.165) is 0 Å². The van der Waals surface area contributed by atoms with Crippen LogP contribution in [-0.4, -0.2) is 32.9 Å². The fourth-order valence-electron chi connectivity index (χ4n) is 2.11. The van der Waals surface area contributed by atoms with Gasteiger partial charge < -0.3 is 14.2 Å². The van der Waals surface area contributed by atoms with Crippen LogP contribution in [0.5, 0.6) is 17.2 Å². The van der Waals surface area contributed by atoms with Gasteiger partial charge in [-0.3, -0.25) is 4.79 Å². The van der Waals surface area contributed by atoms with Crippen LogP contribution in [0.1, 0.15) is 22.8 Å². The topological polar surface area (TPSA) is 69.2 Å². The third kappa shape index (κ3) is 4.25. The van der Waals surface area contributed by atoms with Crippen molar-refractivity contribution in [2.24, 2.45) is 5.10 Å². The minimum atomic E-state index is -0.329. The molecule has 0 atom stereocenters. The maximum atomic E-state index is 12.1. The minimum absolute atomic E-state index is 0.329. The SMILES string of the molecule is CCOc1cccc(/C=N/NC(=O)c2cccc(OC)c2)c1OC. The number of hydrazone groups is 1. The van der Waals surface area contributed by atoms with Crippen LogP contribution in [-0.2, 0) is 0 Å². The van der Waals surface area contributed by atoms with E-state index in [4.69, 9.17) is 14.2 Å². The molecule has 0 bridgehead atoms. The van der Waals surface area contributed by atoms with E-state index in [1.165, 1.54) is 6.21 Å². The summed E-state index contributed by atoms with van der Waals surface area (Å²) < 4.78 is 16.0. The van der Waals surface area contributed by atoms with Crippen molar-refractivity contribution in [1.29, 1.82) is 0 Å². The van der Waals surface area contributed by atoms with Crippen molar-refractivity contribution >= 4 is 12.1 Å². The van der Waals surface area contributed by atoms with Crippen molar-refractivity contribution < 1.29 is 19.0 Å². The Kier molecular flexibility index (Phi) is 6.19.